The minimum atomic E-state index is -0.888. The van der Waals surface area contributed by atoms with E-state index in [1.807, 2.05) is 6.92 Å². The summed E-state index contributed by atoms with van der Waals surface area (Å²) < 4.78 is 46.2. The summed E-state index contributed by atoms with van der Waals surface area (Å²) in [6, 6.07) is 3.19. The summed E-state index contributed by atoms with van der Waals surface area (Å²) in [6.07, 6.45) is 10.8. The van der Waals surface area contributed by atoms with E-state index >= 15 is 0 Å². The summed E-state index contributed by atoms with van der Waals surface area (Å²) in [6.45, 7) is 5.81. The van der Waals surface area contributed by atoms with E-state index in [0.29, 0.717) is 31.1 Å². The Hall–Kier alpha value is -1.20. The molecule has 0 bridgehead atoms. The number of benzene rings is 1. The Morgan fingerprint density at radius 2 is 1.70 bits per heavy atom. The van der Waals surface area contributed by atoms with Gasteiger partial charge in [-0.05, 0) is 55.6 Å². The molecule has 2 atom stereocenters. The first-order valence-electron chi connectivity index (χ1n) is 12.0. The predicted molar refractivity (Wildman–Crippen MR) is 115 cm³/mol. The Kier molecular flexibility index (Phi) is 9.38. The van der Waals surface area contributed by atoms with Crippen molar-refractivity contribution in [1.29, 1.82) is 0 Å². The Morgan fingerprint density at radius 3 is 2.37 bits per heavy atom. The molecule has 2 aliphatic rings. The van der Waals surface area contributed by atoms with E-state index < -0.39 is 11.6 Å². The van der Waals surface area contributed by atoms with Crippen molar-refractivity contribution in [3.8, 4) is 5.75 Å². The number of rotatable bonds is 10. The molecule has 0 radical (unpaired) electrons. The van der Waals surface area contributed by atoms with Crippen LogP contribution in [-0.2, 0) is 9.47 Å². The Balaban J connectivity index is 1.42. The van der Waals surface area contributed by atoms with E-state index in [1.165, 1.54) is 38.5 Å². The van der Waals surface area contributed by atoms with Gasteiger partial charge >= 0.3 is 0 Å². The fourth-order valence-corrected chi connectivity index (χ4v) is 4.74. The zero-order valence-electron chi connectivity index (χ0n) is 18.6. The summed E-state index contributed by atoms with van der Waals surface area (Å²) in [4.78, 5) is 0. The molecule has 1 aliphatic carbocycles. The Bertz CT molecular complexity index is 636. The van der Waals surface area contributed by atoms with Crippen LogP contribution in [0.5, 0.6) is 5.75 Å². The molecule has 3 rings (SSSR count). The smallest absolute Gasteiger partial charge is 0.200 e. The average molecular weight is 425 g/mol. The van der Waals surface area contributed by atoms with E-state index in [-0.39, 0.29) is 18.0 Å². The molecular formula is C25H38F2O3. The largest absolute Gasteiger partial charge is 0.490 e. The van der Waals surface area contributed by atoms with Crippen LogP contribution in [-0.4, -0.2) is 26.1 Å². The summed E-state index contributed by atoms with van der Waals surface area (Å²) in [5, 5.41) is 0. The second kappa shape index (κ2) is 12.0. The van der Waals surface area contributed by atoms with Crippen molar-refractivity contribution in [2.24, 2.45) is 11.8 Å². The van der Waals surface area contributed by atoms with Crippen LogP contribution in [0.4, 0.5) is 8.78 Å². The van der Waals surface area contributed by atoms with Crippen molar-refractivity contribution in [2.75, 3.05) is 19.8 Å². The lowest BCUT2D eigenvalue weighted by Crippen LogP contribution is -2.30. The molecule has 1 heterocycles. The molecule has 2 unspecified atom stereocenters. The molecule has 1 saturated carbocycles. The monoisotopic (exact) mass is 424 g/mol. The standard InChI is InChI=1S/C25H38F2O3/c1-3-5-15-28-22-13-12-21(24(26)25(22)27)20-11-14-23(30-17-20)29-16-19-9-7-18(6-4-2)8-10-19/h12-13,18-20,23H,3-11,14-17H2,1-2H3. The highest BCUT2D eigenvalue weighted by molar-refractivity contribution is 5.33. The van der Waals surface area contributed by atoms with Gasteiger partial charge < -0.3 is 14.2 Å². The summed E-state index contributed by atoms with van der Waals surface area (Å²) >= 11 is 0. The molecule has 5 heteroatoms. The maximum atomic E-state index is 14.6. The van der Waals surface area contributed by atoms with Gasteiger partial charge in [-0.2, -0.15) is 4.39 Å². The lowest BCUT2D eigenvalue weighted by atomic mass is 9.80. The third-order valence-electron chi connectivity index (χ3n) is 6.69. The molecule has 30 heavy (non-hydrogen) atoms. The van der Waals surface area contributed by atoms with Gasteiger partial charge in [-0.15, -0.1) is 0 Å². The van der Waals surface area contributed by atoms with Gasteiger partial charge in [0.05, 0.1) is 19.8 Å². The summed E-state index contributed by atoms with van der Waals surface area (Å²) in [5.41, 5.74) is 0.378. The van der Waals surface area contributed by atoms with Gasteiger partial charge in [0.2, 0.25) is 5.82 Å². The topological polar surface area (TPSA) is 27.7 Å². The molecule has 0 amide bonds. The van der Waals surface area contributed by atoms with Gasteiger partial charge in [0.15, 0.2) is 17.9 Å². The Labute approximate surface area is 180 Å². The van der Waals surface area contributed by atoms with Crippen molar-refractivity contribution in [1.82, 2.24) is 0 Å². The molecule has 1 saturated heterocycles. The highest BCUT2D eigenvalue weighted by atomic mass is 19.2. The third kappa shape index (κ3) is 6.40. The van der Waals surface area contributed by atoms with Gasteiger partial charge in [-0.1, -0.05) is 52.0 Å². The average Bonchev–Trinajstić information content (AvgIpc) is 2.77. The molecule has 0 aromatic heterocycles. The van der Waals surface area contributed by atoms with Crippen LogP contribution in [0.2, 0.25) is 0 Å². The summed E-state index contributed by atoms with van der Waals surface area (Å²) in [7, 11) is 0. The highest BCUT2D eigenvalue weighted by Crippen LogP contribution is 2.35. The fourth-order valence-electron chi connectivity index (χ4n) is 4.74. The number of unbranched alkanes of at least 4 members (excludes halogenated alkanes) is 1. The van der Waals surface area contributed by atoms with E-state index in [0.717, 1.165) is 31.8 Å². The van der Waals surface area contributed by atoms with Gasteiger partial charge in [0.25, 0.3) is 0 Å². The number of hydrogen-bond donors (Lipinski definition) is 0. The first kappa shape index (κ1) is 23.5. The third-order valence-corrected chi connectivity index (χ3v) is 6.69. The van der Waals surface area contributed by atoms with Crippen molar-refractivity contribution in [3.63, 3.8) is 0 Å². The van der Waals surface area contributed by atoms with Crippen LogP contribution in [0.3, 0.4) is 0 Å². The number of halogens is 2. The molecule has 1 aliphatic heterocycles. The van der Waals surface area contributed by atoms with Crippen molar-refractivity contribution < 1.29 is 23.0 Å². The first-order chi connectivity index (χ1) is 14.6. The van der Waals surface area contributed by atoms with Gasteiger partial charge in [0.1, 0.15) is 0 Å². The second-order valence-electron chi connectivity index (χ2n) is 9.03. The Morgan fingerprint density at radius 1 is 0.933 bits per heavy atom. The van der Waals surface area contributed by atoms with Crippen LogP contribution in [0, 0.1) is 23.5 Å². The van der Waals surface area contributed by atoms with Crippen molar-refractivity contribution >= 4 is 0 Å². The molecule has 0 N–H and O–H groups in total. The minimum Gasteiger partial charge on any atom is -0.490 e. The second-order valence-corrected chi connectivity index (χ2v) is 9.03. The van der Waals surface area contributed by atoms with E-state index in [4.69, 9.17) is 14.2 Å². The fraction of sp³-hybridized carbons (Fsp3) is 0.760. The quantitative estimate of drug-likeness (QED) is 0.379. The molecule has 1 aromatic rings. The molecule has 2 fully saturated rings. The molecule has 170 valence electrons. The van der Waals surface area contributed by atoms with Gasteiger partial charge in [-0.3, -0.25) is 0 Å². The maximum absolute atomic E-state index is 14.6. The van der Waals surface area contributed by atoms with Gasteiger partial charge in [-0.25, -0.2) is 4.39 Å². The molecule has 3 nitrogen and oxygen atoms in total. The lowest BCUT2D eigenvalue weighted by molar-refractivity contribution is -0.175. The zero-order valence-corrected chi connectivity index (χ0v) is 18.6. The molecule has 1 aromatic carbocycles. The van der Waals surface area contributed by atoms with E-state index in [2.05, 4.69) is 6.92 Å². The van der Waals surface area contributed by atoms with Crippen LogP contribution in [0.15, 0.2) is 12.1 Å². The van der Waals surface area contributed by atoms with E-state index in [9.17, 15) is 8.78 Å². The predicted octanol–water partition coefficient (Wildman–Crippen LogP) is 6.99. The van der Waals surface area contributed by atoms with Crippen LogP contribution in [0.1, 0.15) is 89.5 Å². The van der Waals surface area contributed by atoms with E-state index in [1.54, 1.807) is 12.1 Å². The first-order valence-corrected chi connectivity index (χ1v) is 12.0. The van der Waals surface area contributed by atoms with Gasteiger partial charge in [0, 0.05) is 5.92 Å². The summed E-state index contributed by atoms with van der Waals surface area (Å²) in [5.74, 6) is -0.311. The SMILES string of the molecule is CCCCOc1ccc(C2CCC(OCC3CCC(CCC)CC3)OC2)c(F)c1F. The van der Waals surface area contributed by atoms with Crippen molar-refractivity contribution in [2.45, 2.75) is 90.3 Å². The normalized spacial score (nSPS) is 27.2. The lowest BCUT2D eigenvalue weighted by Gasteiger charge is -2.32. The molecule has 0 spiro atoms. The maximum Gasteiger partial charge on any atom is 0.200 e. The van der Waals surface area contributed by atoms with Crippen LogP contribution < -0.4 is 4.74 Å². The molecular weight excluding hydrogens is 386 g/mol. The van der Waals surface area contributed by atoms with Crippen molar-refractivity contribution in [3.05, 3.63) is 29.3 Å². The van der Waals surface area contributed by atoms with Crippen LogP contribution >= 0.6 is 0 Å². The van der Waals surface area contributed by atoms with Crippen LogP contribution in [0.25, 0.3) is 0 Å². The highest BCUT2D eigenvalue weighted by Gasteiger charge is 2.29. The zero-order chi connectivity index (χ0) is 21.3. The number of ether oxygens (including phenoxy) is 3. The number of hydrogen-bond acceptors (Lipinski definition) is 3. The minimum absolute atomic E-state index is 0.00343.